The highest BCUT2D eigenvalue weighted by molar-refractivity contribution is 14.1. The van der Waals surface area contributed by atoms with E-state index >= 15 is 0 Å². The zero-order chi connectivity index (χ0) is 32.7. The quantitative estimate of drug-likeness (QED) is 0.179. The van der Waals surface area contributed by atoms with E-state index in [0.29, 0.717) is 3.70 Å². The third-order valence-corrected chi connectivity index (χ3v) is 11.5. The van der Waals surface area contributed by atoms with E-state index in [4.69, 9.17) is 5.26 Å². The molecule has 0 aliphatic rings. The van der Waals surface area contributed by atoms with Crippen molar-refractivity contribution in [3.05, 3.63) is 129 Å². The van der Waals surface area contributed by atoms with Crippen molar-refractivity contribution in [1.82, 2.24) is 7.94 Å². The van der Waals surface area contributed by atoms with Gasteiger partial charge < -0.3 is 0 Å². The molecule has 0 saturated heterocycles. The number of nitrogens with zero attached hydrogens (tertiary/aromatic N) is 4. The first-order chi connectivity index (χ1) is 21.3. The number of hydrogen-bond donors (Lipinski definition) is 0. The van der Waals surface area contributed by atoms with E-state index in [1.54, 1.807) is 24.3 Å². The lowest BCUT2D eigenvalue weighted by Crippen LogP contribution is -2.15. The summed E-state index contributed by atoms with van der Waals surface area (Å²) in [5.74, 6) is -1.12. The summed E-state index contributed by atoms with van der Waals surface area (Å²) in [7, 11) is -7.82. The van der Waals surface area contributed by atoms with Gasteiger partial charge in [0.1, 0.15) is 23.8 Å². The van der Waals surface area contributed by atoms with Crippen LogP contribution in [0, 0.1) is 51.8 Å². The van der Waals surface area contributed by atoms with Crippen LogP contribution in [-0.4, -0.2) is 24.8 Å². The van der Waals surface area contributed by atoms with Crippen LogP contribution in [-0.2, 0) is 20.0 Å². The van der Waals surface area contributed by atoms with Gasteiger partial charge in [0, 0.05) is 17.0 Å². The number of fused-ring (bicyclic) bond motifs is 2. The van der Waals surface area contributed by atoms with Crippen LogP contribution in [0.25, 0.3) is 21.8 Å². The zero-order valence-corrected chi connectivity index (χ0v) is 27.3. The molecule has 0 spiro atoms. The van der Waals surface area contributed by atoms with Gasteiger partial charge in [0.25, 0.3) is 20.0 Å². The summed E-state index contributed by atoms with van der Waals surface area (Å²) < 4.78 is 81.5. The van der Waals surface area contributed by atoms with Gasteiger partial charge in [-0.15, -0.1) is 0 Å². The molecular formula is C32H21F2IN4O4S2. The number of rotatable bonds is 4. The van der Waals surface area contributed by atoms with Crippen molar-refractivity contribution in [3.8, 4) is 12.1 Å². The summed E-state index contributed by atoms with van der Waals surface area (Å²) in [6.07, 6.45) is 1.27. The zero-order valence-electron chi connectivity index (χ0n) is 23.5. The maximum absolute atomic E-state index is 14.0. The molecule has 2 heterocycles. The largest absolute Gasteiger partial charge is 0.269 e. The van der Waals surface area contributed by atoms with Crippen molar-refractivity contribution in [1.29, 1.82) is 10.5 Å². The Morgan fingerprint density at radius 2 is 1.11 bits per heavy atom. The monoisotopic (exact) mass is 754 g/mol. The van der Waals surface area contributed by atoms with Gasteiger partial charge in [0.15, 0.2) is 0 Å². The smallest absolute Gasteiger partial charge is 0.240 e. The van der Waals surface area contributed by atoms with Gasteiger partial charge in [0.05, 0.1) is 35.7 Å². The number of aryl methyl sites for hydroxylation is 2. The Kier molecular flexibility index (Phi) is 8.55. The molecule has 4 aromatic carbocycles. The van der Waals surface area contributed by atoms with E-state index < -0.39 is 31.7 Å². The number of aromatic nitrogens is 2. The first-order valence-corrected chi connectivity index (χ1v) is 17.0. The second kappa shape index (κ2) is 12.1. The topological polar surface area (TPSA) is 126 Å². The Hall–Kier alpha value is -4.57. The molecule has 6 rings (SSSR count). The third-order valence-electron chi connectivity index (χ3n) is 6.96. The Morgan fingerprint density at radius 1 is 0.644 bits per heavy atom. The Morgan fingerprint density at radius 3 is 1.62 bits per heavy atom. The Balaban J connectivity index is 0.000000178. The van der Waals surface area contributed by atoms with E-state index in [2.05, 4.69) is 0 Å². The highest BCUT2D eigenvalue weighted by Gasteiger charge is 2.25. The minimum Gasteiger partial charge on any atom is -0.240 e. The molecule has 6 aromatic rings. The van der Waals surface area contributed by atoms with E-state index in [-0.39, 0.29) is 42.7 Å². The fourth-order valence-corrected chi connectivity index (χ4v) is 8.78. The predicted octanol–water partition coefficient (Wildman–Crippen LogP) is 7.00. The van der Waals surface area contributed by atoms with Crippen LogP contribution in [0.4, 0.5) is 8.78 Å². The highest BCUT2D eigenvalue weighted by Crippen LogP contribution is 2.31. The average molecular weight is 755 g/mol. The van der Waals surface area contributed by atoms with Crippen LogP contribution < -0.4 is 0 Å². The van der Waals surface area contributed by atoms with E-state index in [1.165, 1.54) is 60.8 Å². The SMILES string of the molecule is Cc1ccc(S(=O)(=O)n2c(I)cc3c(F)ccc(C#N)c32)cc1.Cc1ccc(S(=O)(=O)n2ccc3c(F)ccc(C#N)c32)cc1. The molecule has 0 saturated carbocycles. The summed E-state index contributed by atoms with van der Waals surface area (Å²) in [6, 6.07) is 24.2. The van der Waals surface area contributed by atoms with E-state index in [1.807, 2.05) is 48.6 Å². The molecule has 13 heteroatoms. The molecule has 226 valence electrons. The highest BCUT2D eigenvalue weighted by atomic mass is 127. The number of hydrogen-bond acceptors (Lipinski definition) is 6. The second-order valence-corrected chi connectivity index (χ2v) is 14.6. The first kappa shape index (κ1) is 31.8. The summed E-state index contributed by atoms with van der Waals surface area (Å²) in [5.41, 5.74) is 2.21. The maximum Gasteiger partial charge on any atom is 0.269 e. The second-order valence-electron chi connectivity index (χ2n) is 9.92. The Bertz CT molecular complexity index is 2420. The van der Waals surface area contributed by atoms with Gasteiger partial charge in [0.2, 0.25) is 0 Å². The first-order valence-electron chi connectivity index (χ1n) is 13.0. The van der Waals surface area contributed by atoms with Crippen LogP contribution in [0.1, 0.15) is 22.3 Å². The molecule has 2 aromatic heterocycles. The molecule has 8 nitrogen and oxygen atoms in total. The molecule has 0 aliphatic carbocycles. The average Bonchev–Trinajstić information content (AvgIpc) is 3.62. The molecule has 0 unspecified atom stereocenters. The van der Waals surface area contributed by atoms with Crippen LogP contribution >= 0.6 is 22.6 Å². The van der Waals surface area contributed by atoms with Crippen molar-refractivity contribution in [2.24, 2.45) is 0 Å². The van der Waals surface area contributed by atoms with Gasteiger partial charge in [-0.05, 0) is 97.1 Å². The number of nitriles is 2. The fraction of sp³-hybridized carbons (Fsp3) is 0.0625. The lowest BCUT2D eigenvalue weighted by atomic mass is 10.1. The van der Waals surface area contributed by atoms with E-state index in [0.717, 1.165) is 25.1 Å². The van der Waals surface area contributed by atoms with Gasteiger partial charge in [-0.2, -0.15) is 10.5 Å². The molecular weight excluding hydrogens is 733 g/mol. The standard InChI is InChI=1S/C16H10FIN2O2S.C16H11FN2O2S/c1-10-2-5-12(6-3-10)23(21,22)20-15(18)8-13-14(17)7-4-11(9-19)16(13)20;1-11-2-5-13(6-3-11)22(20,21)19-9-8-14-15(17)7-4-12(10-18)16(14)19/h2-8H,1H3;2-9H,1H3. The van der Waals surface area contributed by atoms with Crippen LogP contribution in [0.15, 0.2) is 101 Å². The molecule has 0 radical (unpaired) electrons. The minimum atomic E-state index is -3.93. The van der Waals surface area contributed by atoms with Crippen molar-refractivity contribution in [3.63, 3.8) is 0 Å². The summed E-state index contributed by atoms with van der Waals surface area (Å²) in [4.78, 5) is 0.176. The van der Waals surface area contributed by atoms with Crippen LogP contribution in [0.3, 0.4) is 0 Å². The normalized spacial score (nSPS) is 11.5. The van der Waals surface area contributed by atoms with Crippen molar-refractivity contribution < 1.29 is 25.6 Å². The van der Waals surface area contributed by atoms with Gasteiger partial charge in [-0.3, -0.25) is 0 Å². The van der Waals surface area contributed by atoms with Crippen molar-refractivity contribution in [2.45, 2.75) is 23.6 Å². The molecule has 0 fully saturated rings. The van der Waals surface area contributed by atoms with Crippen LogP contribution in [0.2, 0.25) is 0 Å². The molecule has 0 bridgehead atoms. The molecule has 45 heavy (non-hydrogen) atoms. The van der Waals surface area contributed by atoms with Gasteiger partial charge >= 0.3 is 0 Å². The summed E-state index contributed by atoms with van der Waals surface area (Å²) >= 11 is 1.83. The number of halogens is 3. The lowest BCUT2D eigenvalue weighted by Gasteiger charge is -2.10. The fourth-order valence-electron chi connectivity index (χ4n) is 4.68. The summed E-state index contributed by atoms with van der Waals surface area (Å²) in [6.45, 7) is 3.71. The van der Waals surface area contributed by atoms with E-state index in [9.17, 15) is 30.9 Å². The molecule has 0 N–H and O–H groups in total. The molecule has 0 aliphatic heterocycles. The predicted molar refractivity (Wildman–Crippen MR) is 173 cm³/mol. The van der Waals surface area contributed by atoms with Crippen LogP contribution in [0.5, 0.6) is 0 Å². The maximum atomic E-state index is 14.0. The lowest BCUT2D eigenvalue weighted by molar-refractivity contribution is 0.586. The minimum absolute atomic E-state index is 0.0584. The summed E-state index contributed by atoms with van der Waals surface area (Å²) in [5, 5.41) is 18.6. The Labute approximate surface area is 271 Å². The third kappa shape index (κ3) is 5.70. The van der Waals surface area contributed by atoms with Crippen molar-refractivity contribution >= 4 is 64.4 Å². The van der Waals surface area contributed by atoms with Gasteiger partial charge in [-0.25, -0.2) is 33.6 Å². The molecule has 0 amide bonds. The van der Waals surface area contributed by atoms with Gasteiger partial charge in [-0.1, -0.05) is 35.4 Å². The van der Waals surface area contributed by atoms with Crippen molar-refractivity contribution in [2.75, 3.05) is 0 Å². The molecule has 0 atom stereocenters. The number of benzene rings is 4.